The number of hydrogen-bond donors (Lipinski definition) is 1. The first-order valence-electron chi connectivity index (χ1n) is 7.72. The minimum absolute atomic E-state index is 0.406. The molecule has 2 atom stereocenters. The maximum absolute atomic E-state index is 6.19. The summed E-state index contributed by atoms with van der Waals surface area (Å²) in [5, 5.41) is 4.27. The molecule has 0 bridgehead atoms. The smallest absolute Gasteiger partial charge is 0.119 e. The molecule has 116 valence electrons. The lowest BCUT2D eigenvalue weighted by molar-refractivity contribution is 0.410. The van der Waals surface area contributed by atoms with E-state index in [4.69, 9.17) is 16.3 Å². The van der Waals surface area contributed by atoms with Crippen molar-refractivity contribution < 1.29 is 4.74 Å². The molecule has 0 aliphatic heterocycles. The highest BCUT2D eigenvalue weighted by molar-refractivity contribution is 6.31. The molecule has 0 heterocycles. The molecule has 2 aromatic rings. The Morgan fingerprint density at radius 1 is 1.18 bits per heavy atom. The minimum Gasteiger partial charge on any atom is -0.497 e. The number of rotatable bonds is 3. The molecule has 2 aromatic carbocycles. The predicted octanol–water partition coefficient (Wildman–Crippen LogP) is 4.32. The van der Waals surface area contributed by atoms with Crippen molar-refractivity contribution in [2.24, 2.45) is 0 Å². The molecule has 1 N–H and O–H groups in total. The van der Waals surface area contributed by atoms with Gasteiger partial charge in [-0.25, -0.2) is 0 Å². The number of aryl methyl sites for hydroxylation is 1. The first kappa shape index (κ1) is 15.4. The standard InChI is InChI=1S/C19H22ClNO/c1-12-8-13(4-7-19(12)20)18-11-15(21-2)9-14-10-16(22-3)5-6-17(14)18/h4-8,10,15,18,21H,9,11H2,1-3H3. The average Bonchev–Trinajstić information content (AvgIpc) is 2.55. The maximum atomic E-state index is 6.19. The Morgan fingerprint density at radius 3 is 2.68 bits per heavy atom. The molecule has 2 nitrogen and oxygen atoms in total. The first-order valence-corrected chi connectivity index (χ1v) is 8.10. The van der Waals surface area contributed by atoms with Gasteiger partial charge in [0.2, 0.25) is 0 Å². The molecule has 1 aliphatic rings. The number of ether oxygens (including phenoxy) is 1. The summed E-state index contributed by atoms with van der Waals surface area (Å²) in [5.74, 6) is 1.34. The molecule has 3 rings (SSSR count). The van der Waals surface area contributed by atoms with Crippen molar-refractivity contribution in [3.8, 4) is 5.75 Å². The van der Waals surface area contributed by atoms with Crippen LogP contribution in [0.1, 0.15) is 34.6 Å². The normalized spacial score (nSPS) is 20.5. The third-order valence-electron chi connectivity index (χ3n) is 4.70. The fraction of sp³-hybridized carbons (Fsp3) is 0.368. The SMILES string of the molecule is CNC1Cc2cc(OC)ccc2C(c2ccc(Cl)c(C)c2)C1. The zero-order valence-corrected chi connectivity index (χ0v) is 14.1. The summed E-state index contributed by atoms with van der Waals surface area (Å²) in [6, 6.07) is 13.3. The van der Waals surface area contributed by atoms with E-state index in [-0.39, 0.29) is 0 Å². The van der Waals surface area contributed by atoms with Crippen LogP contribution in [0.2, 0.25) is 5.02 Å². The Bertz CT molecular complexity index is 683. The molecule has 0 saturated carbocycles. The highest BCUT2D eigenvalue weighted by Crippen LogP contribution is 2.39. The molecule has 3 heteroatoms. The third-order valence-corrected chi connectivity index (χ3v) is 5.13. The van der Waals surface area contributed by atoms with Gasteiger partial charge in [0.1, 0.15) is 5.75 Å². The van der Waals surface area contributed by atoms with Crippen molar-refractivity contribution in [2.75, 3.05) is 14.2 Å². The first-order chi connectivity index (χ1) is 10.6. The van der Waals surface area contributed by atoms with Crippen LogP contribution in [0.25, 0.3) is 0 Å². The van der Waals surface area contributed by atoms with Crippen molar-refractivity contribution in [1.82, 2.24) is 5.32 Å². The number of likely N-dealkylation sites (N-methyl/N-ethyl adjacent to an activating group) is 1. The van der Waals surface area contributed by atoms with Gasteiger partial charge in [0.05, 0.1) is 7.11 Å². The van der Waals surface area contributed by atoms with Gasteiger partial charge in [0.25, 0.3) is 0 Å². The van der Waals surface area contributed by atoms with Gasteiger partial charge in [-0.2, -0.15) is 0 Å². The second kappa shape index (κ2) is 6.31. The van der Waals surface area contributed by atoms with Gasteiger partial charge in [-0.05, 0) is 67.3 Å². The molecule has 0 radical (unpaired) electrons. The van der Waals surface area contributed by atoms with Crippen LogP contribution in [-0.2, 0) is 6.42 Å². The quantitative estimate of drug-likeness (QED) is 0.910. The fourth-order valence-electron chi connectivity index (χ4n) is 3.41. The number of nitrogens with one attached hydrogen (secondary N) is 1. The van der Waals surface area contributed by atoms with Gasteiger partial charge in [-0.1, -0.05) is 29.8 Å². The van der Waals surface area contributed by atoms with Crippen LogP contribution in [0.15, 0.2) is 36.4 Å². The lowest BCUT2D eigenvalue weighted by Crippen LogP contribution is -2.34. The predicted molar refractivity (Wildman–Crippen MR) is 92.2 cm³/mol. The molecule has 22 heavy (non-hydrogen) atoms. The van der Waals surface area contributed by atoms with E-state index in [0.29, 0.717) is 12.0 Å². The number of fused-ring (bicyclic) bond motifs is 1. The van der Waals surface area contributed by atoms with Crippen molar-refractivity contribution in [1.29, 1.82) is 0 Å². The second-order valence-corrected chi connectivity index (χ2v) is 6.46. The van der Waals surface area contributed by atoms with E-state index in [1.165, 1.54) is 16.7 Å². The van der Waals surface area contributed by atoms with E-state index < -0.39 is 0 Å². The monoisotopic (exact) mass is 315 g/mol. The minimum atomic E-state index is 0.406. The zero-order chi connectivity index (χ0) is 15.7. The zero-order valence-electron chi connectivity index (χ0n) is 13.3. The summed E-state index contributed by atoms with van der Waals surface area (Å²) in [5.41, 5.74) is 5.27. The summed E-state index contributed by atoms with van der Waals surface area (Å²) in [6.45, 7) is 2.07. The lowest BCUT2D eigenvalue weighted by Gasteiger charge is -2.32. The number of methoxy groups -OCH3 is 1. The highest BCUT2D eigenvalue weighted by Gasteiger charge is 2.27. The molecule has 2 unspecified atom stereocenters. The highest BCUT2D eigenvalue weighted by atomic mass is 35.5. The van der Waals surface area contributed by atoms with Gasteiger partial charge >= 0.3 is 0 Å². The van der Waals surface area contributed by atoms with Gasteiger partial charge in [0, 0.05) is 17.0 Å². The summed E-state index contributed by atoms with van der Waals surface area (Å²) in [7, 11) is 3.76. The van der Waals surface area contributed by atoms with Crippen LogP contribution in [0.4, 0.5) is 0 Å². The lowest BCUT2D eigenvalue weighted by atomic mass is 9.76. The summed E-state index contributed by atoms with van der Waals surface area (Å²) in [4.78, 5) is 0. The van der Waals surface area contributed by atoms with Crippen molar-refractivity contribution in [2.45, 2.75) is 31.7 Å². The van der Waals surface area contributed by atoms with E-state index in [0.717, 1.165) is 29.2 Å². The van der Waals surface area contributed by atoms with Crippen molar-refractivity contribution >= 4 is 11.6 Å². The Morgan fingerprint density at radius 2 is 2.00 bits per heavy atom. The number of hydrogen-bond acceptors (Lipinski definition) is 2. The largest absolute Gasteiger partial charge is 0.497 e. The molecule has 0 aromatic heterocycles. The Kier molecular flexibility index (Phi) is 4.42. The van der Waals surface area contributed by atoms with E-state index in [2.05, 4.69) is 42.6 Å². The average molecular weight is 316 g/mol. The molecule has 0 saturated heterocycles. The summed E-state index contributed by atoms with van der Waals surface area (Å²) < 4.78 is 5.39. The van der Waals surface area contributed by atoms with Crippen LogP contribution >= 0.6 is 11.6 Å². The number of halogens is 1. The van der Waals surface area contributed by atoms with E-state index >= 15 is 0 Å². The van der Waals surface area contributed by atoms with Crippen molar-refractivity contribution in [3.05, 3.63) is 63.7 Å². The van der Waals surface area contributed by atoms with Crippen LogP contribution in [0.3, 0.4) is 0 Å². The Labute approximate surface area is 137 Å². The van der Waals surface area contributed by atoms with E-state index in [1.54, 1.807) is 7.11 Å². The van der Waals surface area contributed by atoms with Gasteiger partial charge < -0.3 is 10.1 Å². The molecule has 0 spiro atoms. The van der Waals surface area contributed by atoms with E-state index in [9.17, 15) is 0 Å². The molecule has 1 aliphatic carbocycles. The van der Waals surface area contributed by atoms with E-state index in [1.807, 2.05) is 13.1 Å². The summed E-state index contributed by atoms with van der Waals surface area (Å²) in [6.07, 6.45) is 2.16. The van der Waals surface area contributed by atoms with Gasteiger partial charge in [0.15, 0.2) is 0 Å². The number of benzene rings is 2. The Hall–Kier alpha value is -1.51. The summed E-state index contributed by atoms with van der Waals surface area (Å²) >= 11 is 6.19. The van der Waals surface area contributed by atoms with Crippen molar-refractivity contribution in [3.63, 3.8) is 0 Å². The molecular weight excluding hydrogens is 294 g/mol. The molecular formula is C19H22ClNO. The third kappa shape index (κ3) is 2.86. The molecule has 0 amide bonds. The van der Waals surface area contributed by atoms with Crippen LogP contribution in [-0.4, -0.2) is 20.2 Å². The van der Waals surface area contributed by atoms with Crippen LogP contribution in [0.5, 0.6) is 5.75 Å². The van der Waals surface area contributed by atoms with Gasteiger partial charge in [-0.3, -0.25) is 0 Å². The topological polar surface area (TPSA) is 21.3 Å². The maximum Gasteiger partial charge on any atom is 0.119 e. The molecule has 0 fully saturated rings. The fourth-order valence-corrected chi connectivity index (χ4v) is 3.52. The van der Waals surface area contributed by atoms with Crippen LogP contribution in [0, 0.1) is 6.92 Å². The van der Waals surface area contributed by atoms with Gasteiger partial charge in [-0.15, -0.1) is 0 Å². The second-order valence-electron chi connectivity index (χ2n) is 6.05. The Balaban J connectivity index is 2.05. The van der Waals surface area contributed by atoms with Crippen LogP contribution < -0.4 is 10.1 Å².